The number of anilines is 2. The molecule has 0 unspecified atom stereocenters. The maximum absolute atomic E-state index is 12.2. The summed E-state index contributed by atoms with van der Waals surface area (Å²) in [4.78, 5) is 25.7. The number of hydrogen-bond acceptors (Lipinski definition) is 3. The van der Waals surface area contributed by atoms with E-state index in [1.807, 2.05) is 19.1 Å². The molecule has 2 amide bonds. The first-order chi connectivity index (χ1) is 11.1. The van der Waals surface area contributed by atoms with E-state index >= 15 is 0 Å². The summed E-state index contributed by atoms with van der Waals surface area (Å²) in [5, 5.41) is 2.83. The number of hydrogen-bond donors (Lipinski definition) is 1. The molecule has 0 aromatic heterocycles. The second kappa shape index (κ2) is 6.42. The molecule has 6 heteroatoms. The zero-order valence-electron chi connectivity index (χ0n) is 12.5. The monoisotopic (exact) mass is 374 g/mol. The second-order valence-electron chi connectivity index (χ2n) is 5.07. The Hall–Kier alpha value is -2.34. The smallest absolute Gasteiger partial charge is 0.265 e. The minimum absolute atomic E-state index is 0.0188. The number of carbonyl (C=O) groups is 2. The summed E-state index contributed by atoms with van der Waals surface area (Å²) in [6, 6.07) is 12.4. The van der Waals surface area contributed by atoms with Crippen molar-refractivity contribution in [1.29, 1.82) is 0 Å². The average molecular weight is 375 g/mol. The molecule has 0 saturated heterocycles. The lowest BCUT2D eigenvalue weighted by atomic mass is 10.2. The zero-order chi connectivity index (χ0) is 16.4. The molecule has 0 bridgehead atoms. The second-order valence-corrected chi connectivity index (χ2v) is 5.99. The van der Waals surface area contributed by atoms with Crippen molar-refractivity contribution in [3.63, 3.8) is 0 Å². The summed E-state index contributed by atoms with van der Waals surface area (Å²) in [5.41, 5.74) is 1.92. The lowest BCUT2D eigenvalue weighted by Gasteiger charge is -2.28. The van der Waals surface area contributed by atoms with E-state index in [1.165, 1.54) is 0 Å². The van der Waals surface area contributed by atoms with Crippen LogP contribution in [-0.4, -0.2) is 25.0 Å². The molecule has 2 aromatic rings. The molecule has 0 spiro atoms. The van der Waals surface area contributed by atoms with Crippen molar-refractivity contribution in [3.05, 3.63) is 52.5 Å². The molecule has 1 heterocycles. The molecule has 1 aliphatic rings. The van der Waals surface area contributed by atoms with Gasteiger partial charge in [-0.15, -0.1) is 0 Å². The van der Waals surface area contributed by atoms with Crippen LogP contribution in [0.5, 0.6) is 5.75 Å². The van der Waals surface area contributed by atoms with Crippen LogP contribution in [0.1, 0.15) is 17.3 Å². The van der Waals surface area contributed by atoms with Gasteiger partial charge in [-0.05, 0) is 43.3 Å². The van der Waals surface area contributed by atoms with E-state index in [9.17, 15) is 9.59 Å². The van der Waals surface area contributed by atoms with Gasteiger partial charge >= 0.3 is 0 Å². The quantitative estimate of drug-likeness (QED) is 0.894. The molecular weight excluding hydrogens is 360 g/mol. The fourth-order valence-corrected chi connectivity index (χ4v) is 2.70. The van der Waals surface area contributed by atoms with E-state index in [0.717, 1.165) is 10.2 Å². The predicted molar refractivity (Wildman–Crippen MR) is 92.1 cm³/mol. The van der Waals surface area contributed by atoms with Gasteiger partial charge in [-0.2, -0.15) is 0 Å². The summed E-state index contributed by atoms with van der Waals surface area (Å²) in [7, 11) is 0. The van der Waals surface area contributed by atoms with Gasteiger partial charge in [-0.1, -0.05) is 15.9 Å². The van der Waals surface area contributed by atoms with Crippen molar-refractivity contribution in [2.75, 3.05) is 23.4 Å². The van der Waals surface area contributed by atoms with Crippen molar-refractivity contribution in [1.82, 2.24) is 0 Å². The largest absolute Gasteiger partial charge is 0.481 e. The lowest BCUT2D eigenvalue weighted by molar-refractivity contribution is -0.121. The molecule has 3 rings (SSSR count). The maximum atomic E-state index is 12.2. The Balaban J connectivity index is 1.81. The number of rotatable bonds is 3. The van der Waals surface area contributed by atoms with Crippen LogP contribution in [0.2, 0.25) is 0 Å². The number of benzene rings is 2. The minimum Gasteiger partial charge on any atom is -0.481 e. The highest BCUT2D eigenvalue weighted by atomic mass is 79.9. The van der Waals surface area contributed by atoms with Crippen LogP contribution in [0.25, 0.3) is 0 Å². The van der Waals surface area contributed by atoms with Crippen LogP contribution in [0.15, 0.2) is 46.9 Å². The number of nitrogens with zero attached hydrogens (tertiary/aromatic N) is 1. The number of carbonyl (C=O) groups excluding carboxylic acids is 2. The summed E-state index contributed by atoms with van der Waals surface area (Å²) in [6.07, 6.45) is 0. The van der Waals surface area contributed by atoms with Gasteiger partial charge in [-0.25, -0.2) is 0 Å². The third-order valence-electron chi connectivity index (χ3n) is 3.58. The van der Waals surface area contributed by atoms with E-state index in [4.69, 9.17) is 4.74 Å². The molecular formula is C17H15BrN2O3. The van der Waals surface area contributed by atoms with Gasteiger partial charge in [-0.3, -0.25) is 9.59 Å². The van der Waals surface area contributed by atoms with E-state index in [2.05, 4.69) is 21.2 Å². The van der Waals surface area contributed by atoms with Gasteiger partial charge in [0.25, 0.3) is 11.8 Å². The average Bonchev–Trinajstić information content (AvgIpc) is 2.55. The Labute approximate surface area is 142 Å². The fraction of sp³-hybridized carbons (Fsp3) is 0.176. The molecule has 5 nitrogen and oxygen atoms in total. The van der Waals surface area contributed by atoms with Crippen LogP contribution < -0.4 is 15.0 Å². The highest BCUT2D eigenvalue weighted by Gasteiger charge is 2.24. The Kier molecular flexibility index (Phi) is 4.34. The van der Waals surface area contributed by atoms with Crippen LogP contribution in [-0.2, 0) is 4.79 Å². The summed E-state index contributed by atoms with van der Waals surface area (Å²) >= 11 is 3.34. The van der Waals surface area contributed by atoms with Gasteiger partial charge in [0.05, 0.1) is 5.69 Å². The third kappa shape index (κ3) is 3.22. The Morgan fingerprint density at radius 3 is 2.70 bits per heavy atom. The molecule has 1 aliphatic heterocycles. The fourth-order valence-electron chi connectivity index (χ4n) is 2.43. The van der Waals surface area contributed by atoms with Gasteiger partial charge < -0.3 is 15.0 Å². The Morgan fingerprint density at radius 2 is 2.00 bits per heavy atom. The molecule has 2 aromatic carbocycles. The first kappa shape index (κ1) is 15.6. The van der Waals surface area contributed by atoms with Gasteiger partial charge in [0.2, 0.25) is 0 Å². The highest BCUT2D eigenvalue weighted by Crippen LogP contribution is 2.34. The SMILES string of the molecule is CCN1C(=O)COc2cc(NC(=O)c3ccc(Br)cc3)ccc21. The number of halogens is 1. The molecule has 0 saturated carbocycles. The Bertz CT molecular complexity index is 759. The first-order valence-corrected chi connectivity index (χ1v) is 8.02. The molecule has 0 fully saturated rings. The number of ether oxygens (including phenoxy) is 1. The molecule has 0 radical (unpaired) electrons. The van der Waals surface area contributed by atoms with Crippen LogP contribution in [0, 0.1) is 0 Å². The summed E-state index contributed by atoms with van der Waals surface area (Å²) < 4.78 is 6.38. The van der Waals surface area contributed by atoms with Crippen molar-refractivity contribution in [2.45, 2.75) is 6.92 Å². The third-order valence-corrected chi connectivity index (χ3v) is 4.11. The molecule has 118 valence electrons. The number of likely N-dealkylation sites (N-methyl/N-ethyl adjacent to an activating group) is 1. The Morgan fingerprint density at radius 1 is 1.26 bits per heavy atom. The van der Waals surface area contributed by atoms with Crippen LogP contribution in [0.4, 0.5) is 11.4 Å². The van der Waals surface area contributed by atoms with Crippen LogP contribution >= 0.6 is 15.9 Å². The van der Waals surface area contributed by atoms with E-state index in [0.29, 0.717) is 23.5 Å². The van der Waals surface area contributed by atoms with Gasteiger partial charge in [0.15, 0.2) is 6.61 Å². The van der Waals surface area contributed by atoms with Crippen molar-refractivity contribution >= 4 is 39.1 Å². The van der Waals surface area contributed by atoms with Crippen molar-refractivity contribution in [3.8, 4) is 5.75 Å². The van der Waals surface area contributed by atoms with Gasteiger partial charge in [0, 0.05) is 28.3 Å². The molecule has 23 heavy (non-hydrogen) atoms. The number of amides is 2. The van der Waals surface area contributed by atoms with E-state index < -0.39 is 0 Å². The number of nitrogens with one attached hydrogen (secondary N) is 1. The summed E-state index contributed by atoms with van der Waals surface area (Å²) in [5.74, 6) is 0.336. The molecule has 1 N–H and O–H groups in total. The number of fused-ring (bicyclic) bond motifs is 1. The summed E-state index contributed by atoms with van der Waals surface area (Å²) in [6.45, 7) is 2.51. The van der Waals surface area contributed by atoms with E-state index in [-0.39, 0.29) is 18.4 Å². The minimum atomic E-state index is -0.198. The van der Waals surface area contributed by atoms with Crippen molar-refractivity contribution < 1.29 is 14.3 Å². The standard InChI is InChI=1S/C17H15BrN2O3/c1-2-20-14-8-7-13(9-15(14)23-10-16(20)21)19-17(22)11-3-5-12(18)6-4-11/h3-9H,2,10H2,1H3,(H,19,22). The predicted octanol–water partition coefficient (Wildman–Crippen LogP) is 3.45. The van der Waals surface area contributed by atoms with Gasteiger partial charge in [0.1, 0.15) is 5.75 Å². The lowest BCUT2D eigenvalue weighted by Crippen LogP contribution is -2.38. The van der Waals surface area contributed by atoms with E-state index in [1.54, 1.807) is 35.2 Å². The first-order valence-electron chi connectivity index (χ1n) is 7.22. The normalized spacial score (nSPS) is 13.3. The highest BCUT2D eigenvalue weighted by molar-refractivity contribution is 9.10. The zero-order valence-corrected chi connectivity index (χ0v) is 14.1. The topological polar surface area (TPSA) is 58.6 Å². The van der Waals surface area contributed by atoms with Crippen molar-refractivity contribution in [2.24, 2.45) is 0 Å². The molecule has 0 atom stereocenters. The maximum Gasteiger partial charge on any atom is 0.265 e. The molecule has 0 aliphatic carbocycles. The van der Waals surface area contributed by atoms with Crippen LogP contribution in [0.3, 0.4) is 0 Å².